The second-order valence-corrected chi connectivity index (χ2v) is 6.92. The van der Waals surface area contributed by atoms with Gasteiger partial charge in [0.05, 0.1) is 5.56 Å². The third-order valence-corrected chi connectivity index (χ3v) is 4.98. The van der Waals surface area contributed by atoms with Crippen LogP contribution >= 0.6 is 11.6 Å². The van der Waals surface area contributed by atoms with Crippen molar-refractivity contribution in [1.29, 1.82) is 0 Å². The molecule has 1 aliphatic rings. The number of pyridine rings is 1. The van der Waals surface area contributed by atoms with Crippen LogP contribution in [0.15, 0.2) is 72.8 Å². The standard InChI is InChI=1S/C23H16ClNO4/c1-14-18(29-23(27)20(24)16-5-3-2-4-6-16)8-7-17-21(26)19(28-22(14)17)13-15-9-11-25-12-10-15/h2-13,20H,1H3/b19-13-. The van der Waals surface area contributed by atoms with Gasteiger partial charge in [-0.1, -0.05) is 30.3 Å². The van der Waals surface area contributed by atoms with Crippen LogP contribution in [0.2, 0.25) is 0 Å². The van der Waals surface area contributed by atoms with Gasteiger partial charge >= 0.3 is 5.97 Å². The number of alkyl halides is 1. The van der Waals surface area contributed by atoms with Gasteiger partial charge in [0.15, 0.2) is 11.1 Å². The van der Waals surface area contributed by atoms with E-state index >= 15 is 0 Å². The average molecular weight is 406 g/mol. The summed E-state index contributed by atoms with van der Waals surface area (Å²) in [6.07, 6.45) is 4.92. The molecule has 3 aromatic rings. The smallest absolute Gasteiger partial charge is 0.334 e. The van der Waals surface area contributed by atoms with E-state index in [0.29, 0.717) is 28.2 Å². The molecule has 1 atom stereocenters. The number of allylic oxidation sites excluding steroid dienone is 1. The normalized spacial score (nSPS) is 15.0. The van der Waals surface area contributed by atoms with Crippen LogP contribution < -0.4 is 9.47 Å². The minimum absolute atomic E-state index is 0.206. The predicted octanol–water partition coefficient (Wildman–Crippen LogP) is 4.89. The van der Waals surface area contributed by atoms with Gasteiger partial charge in [-0.3, -0.25) is 9.78 Å². The van der Waals surface area contributed by atoms with E-state index in [1.807, 2.05) is 6.07 Å². The maximum atomic E-state index is 12.6. The Morgan fingerprint density at radius 3 is 2.55 bits per heavy atom. The second kappa shape index (κ2) is 7.89. The van der Waals surface area contributed by atoms with E-state index in [4.69, 9.17) is 21.1 Å². The zero-order valence-corrected chi connectivity index (χ0v) is 16.2. The van der Waals surface area contributed by atoms with Crippen molar-refractivity contribution in [3.05, 3.63) is 95.0 Å². The number of ketones is 1. The first-order valence-corrected chi connectivity index (χ1v) is 9.37. The molecule has 0 saturated heterocycles. The van der Waals surface area contributed by atoms with E-state index in [2.05, 4.69) is 4.98 Å². The number of nitrogens with zero attached hydrogens (tertiary/aromatic N) is 1. The number of rotatable bonds is 4. The monoisotopic (exact) mass is 405 g/mol. The van der Waals surface area contributed by atoms with Crippen LogP contribution in [0.5, 0.6) is 11.5 Å². The van der Waals surface area contributed by atoms with Gasteiger partial charge in [-0.15, -0.1) is 11.6 Å². The number of halogens is 1. The van der Waals surface area contributed by atoms with Gasteiger partial charge < -0.3 is 9.47 Å². The molecular formula is C23H16ClNO4. The molecule has 0 spiro atoms. The lowest BCUT2D eigenvalue weighted by Gasteiger charge is -2.13. The first kappa shape index (κ1) is 18.9. The zero-order chi connectivity index (χ0) is 20.4. The first-order chi connectivity index (χ1) is 14.0. The molecule has 0 amide bonds. The van der Waals surface area contributed by atoms with Crippen LogP contribution in [-0.2, 0) is 4.79 Å². The average Bonchev–Trinajstić information content (AvgIpc) is 3.07. The Bertz CT molecular complexity index is 1110. The number of carbonyl (C=O) groups is 2. The number of benzene rings is 2. The number of hydrogen-bond acceptors (Lipinski definition) is 5. The number of carbonyl (C=O) groups excluding carboxylic acids is 2. The lowest BCUT2D eigenvalue weighted by molar-refractivity contribution is -0.134. The van der Waals surface area contributed by atoms with E-state index in [1.165, 1.54) is 0 Å². The molecule has 0 N–H and O–H groups in total. The summed E-state index contributed by atoms with van der Waals surface area (Å²) in [6.45, 7) is 1.73. The molecule has 0 aliphatic carbocycles. The summed E-state index contributed by atoms with van der Waals surface area (Å²) < 4.78 is 11.3. The van der Waals surface area contributed by atoms with Crippen LogP contribution in [0, 0.1) is 6.92 Å². The largest absolute Gasteiger partial charge is 0.452 e. The Balaban J connectivity index is 1.58. The van der Waals surface area contributed by atoms with E-state index in [1.54, 1.807) is 73.9 Å². The van der Waals surface area contributed by atoms with Crippen LogP contribution in [0.1, 0.15) is 32.4 Å². The Hall–Kier alpha value is -3.44. The molecule has 0 saturated carbocycles. The summed E-state index contributed by atoms with van der Waals surface area (Å²) in [5.74, 6) is 0.0621. The van der Waals surface area contributed by atoms with Gasteiger partial charge in [-0.2, -0.15) is 0 Å². The van der Waals surface area contributed by atoms with Crippen molar-refractivity contribution >= 4 is 29.4 Å². The number of aromatic nitrogens is 1. The first-order valence-electron chi connectivity index (χ1n) is 8.93. The molecule has 1 aliphatic heterocycles. The highest BCUT2D eigenvalue weighted by Gasteiger charge is 2.31. The molecule has 2 heterocycles. The van der Waals surface area contributed by atoms with Crippen LogP contribution in [-0.4, -0.2) is 16.7 Å². The van der Waals surface area contributed by atoms with Crippen LogP contribution in [0.4, 0.5) is 0 Å². The van der Waals surface area contributed by atoms with Crippen LogP contribution in [0.3, 0.4) is 0 Å². The minimum atomic E-state index is -0.937. The van der Waals surface area contributed by atoms with Crippen molar-refractivity contribution in [2.24, 2.45) is 0 Å². The van der Waals surface area contributed by atoms with Gasteiger partial charge in [-0.25, -0.2) is 4.79 Å². The topological polar surface area (TPSA) is 65.5 Å². The van der Waals surface area contributed by atoms with Gasteiger partial charge in [0.25, 0.3) is 0 Å². The molecule has 5 nitrogen and oxygen atoms in total. The third kappa shape index (κ3) is 3.77. The maximum absolute atomic E-state index is 12.6. The number of Topliss-reactive ketones (excluding diaryl/α,β-unsaturated/α-hetero) is 1. The van der Waals surface area contributed by atoms with E-state index < -0.39 is 11.3 Å². The summed E-state index contributed by atoms with van der Waals surface area (Å²) in [5, 5.41) is -0.937. The van der Waals surface area contributed by atoms with Crippen molar-refractivity contribution in [2.75, 3.05) is 0 Å². The predicted molar refractivity (Wildman–Crippen MR) is 109 cm³/mol. The highest BCUT2D eigenvalue weighted by atomic mass is 35.5. The summed E-state index contributed by atoms with van der Waals surface area (Å²) >= 11 is 6.24. The van der Waals surface area contributed by atoms with E-state index in [9.17, 15) is 9.59 Å². The number of esters is 1. The molecular weight excluding hydrogens is 390 g/mol. The fourth-order valence-corrected chi connectivity index (χ4v) is 3.20. The number of ether oxygens (including phenoxy) is 2. The lowest BCUT2D eigenvalue weighted by Crippen LogP contribution is -2.15. The summed E-state index contributed by atoms with van der Waals surface area (Å²) in [4.78, 5) is 29.1. The van der Waals surface area contributed by atoms with Crippen LogP contribution in [0.25, 0.3) is 6.08 Å². The van der Waals surface area contributed by atoms with Crippen molar-refractivity contribution in [3.63, 3.8) is 0 Å². The molecule has 0 bridgehead atoms. The minimum Gasteiger partial charge on any atom is -0.452 e. The third-order valence-electron chi connectivity index (χ3n) is 4.55. The Morgan fingerprint density at radius 1 is 1.10 bits per heavy atom. The molecule has 2 aromatic carbocycles. The summed E-state index contributed by atoms with van der Waals surface area (Å²) in [7, 11) is 0. The SMILES string of the molecule is Cc1c(OC(=O)C(Cl)c2ccccc2)ccc2c1O/C(=C\c1ccncc1)C2=O. The Morgan fingerprint density at radius 2 is 1.83 bits per heavy atom. The molecule has 6 heteroatoms. The van der Waals surface area contributed by atoms with Gasteiger partial charge in [0, 0.05) is 18.0 Å². The van der Waals surface area contributed by atoms with Crippen molar-refractivity contribution in [2.45, 2.75) is 12.3 Å². The molecule has 0 fully saturated rings. The number of fused-ring (bicyclic) bond motifs is 1. The second-order valence-electron chi connectivity index (χ2n) is 6.48. The van der Waals surface area contributed by atoms with Gasteiger partial charge in [0.1, 0.15) is 11.5 Å². The summed E-state index contributed by atoms with van der Waals surface area (Å²) in [6, 6.07) is 15.7. The summed E-state index contributed by atoms with van der Waals surface area (Å²) in [5.41, 5.74) is 2.42. The zero-order valence-electron chi connectivity index (χ0n) is 15.5. The molecule has 1 unspecified atom stereocenters. The van der Waals surface area contributed by atoms with Crippen molar-refractivity contribution in [1.82, 2.24) is 4.98 Å². The highest BCUT2D eigenvalue weighted by Crippen LogP contribution is 2.39. The Kier molecular flexibility index (Phi) is 5.14. The molecule has 1 aromatic heterocycles. The maximum Gasteiger partial charge on any atom is 0.334 e. The Labute approximate surface area is 172 Å². The fraction of sp³-hybridized carbons (Fsp3) is 0.0870. The van der Waals surface area contributed by atoms with Gasteiger partial charge in [-0.05, 0) is 48.4 Å². The lowest BCUT2D eigenvalue weighted by atomic mass is 10.1. The molecule has 4 rings (SSSR count). The van der Waals surface area contributed by atoms with Gasteiger partial charge in [0.2, 0.25) is 5.78 Å². The quantitative estimate of drug-likeness (QED) is 0.267. The van der Waals surface area contributed by atoms with Crippen molar-refractivity contribution in [3.8, 4) is 11.5 Å². The molecule has 0 radical (unpaired) electrons. The number of hydrogen-bond donors (Lipinski definition) is 0. The molecule has 29 heavy (non-hydrogen) atoms. The van der Waals surface area contributed by atoms with E-state index in [0.717, 1.165) is 5.56 Å². The van der Waals surface area contributed by atoms with E-state index in [-0.39, 0.29) is 11.5 Å². The molecule has 144 valence electrons. The van der Waals surface area contributed by atoms with Crippen molar-refractivity contribution < 1.29 is 19.1 Å². The fourth-order valence-electron chi connectivity index (χ4n) is 3.01. The highest BCUT2D eigenvalue weighted by molar-refractivity contribution is 6.30.